The van der Waals surface area contributed by atoms with E-state index in [2.05, 4.69) is 10.3 Å². The molecule has 96 valence electrons. The van der Waals surface area contributed by atoms with Gasteiger partial charge < -0.3 is 14.6 Å². The van der Waals surface area contributed by atoms with Crippen LogP contribution in [0.5, 0.6) is 0 Å². The van der Waals surface area contributed by atoms with Gasteiger partial charge in [0.2, 0.25) is 0 Å². The second kappa shape index (κ2) is 6.39. The summed E-state index contributed by atoms with van der Waals surface area (Å²) in [6.07, 6.45) is 4.49. The first-order chi connectivity index (χ1) is 8.08. The van der Waals surface area contributed by atoms with Gasteiger partial charge in [-0.3, -0.25) is 4.79 Å². The molecule has 0 fully saturated rings. The number of carbonyl (C=O) groups is 1. The van der Waals surface area contributed by atoms with Gasteiger partial charge in [-0.2, -0.15) is 0 Å². The molecule has 0 aliphatic rings. The molecule has 0 spiro atoms. The van der Waals surface area contributed by atoms with Crippen molar-refractivity contribution in [3.63, 3.8) is 0 Å². The summed E-state index contributed by atoms with van der Waals surface area (Å²) in [4.78, 5) is 15.9. The summed E-state index contributed by atoms with van der Waals surface area (Å²) >= 11 is 0. The van der Waals surface area contributed by atoms with Gasteiger partial charge in [0, 0.05) is 31.4 Å². The van der Waals surface area contributed by atoms with Crippen LogP contribution in [0.4, 0.5) is 0 Å². The highest BCUT2D eigenvalue weighted by Crippen LogP contribution is 2.03. The zero-order valence-electron chi connectivity index (χ0n) is 10.9. The van der Waals surface area contributed by atoms with E-state index in [1.165, 1.54) is 7.11 Å². The van der Waals surface area contributed by atoms with E-state index in [0.717, 1.165) is 12.2 Å². The van der Waals surface area contributed by atoms with Crippen LogP contribution in [-0.2, 0) is 22.5 Å². The summed E-state index contributed by atoms with van der Waals surface area (Å²) in [6, 6.07) is -0.104. The van der Waals surface area contributed by atoms with Gasteiger partial charge in [0.1, 0.15) is 11.9 Å². The number of ether oxygens (including phenoxy) is 1. The number of nitrogens with zero attached hydrogens (tertiary/aromatic N) is 2. The first kappa shape index (κ1) is 13.7. The molecule has 0 bridgehead atoms. The maximum absolute atomic E-state index is 11.7. The van der Waals surface area contributed by atoms with Crippen molar-refractivity contribution in [2.75, 3.05) is 7.11 Å². The Kier molecular flexibility index (Phi) is 5.15. The number of aromatic nitrogens is 2. The first-order valence-corrected chi connectivity index (χ1v) is 5.92. The highest BCUT2D eigenvalue weighted by Gasteiger charge is 2.20. The number of aryl methyl sites for hydroxylation is 1. The Bertz CT molecular complexity index is 360. The van der Waals surface area contributed by atoms with Crippen LogP contribution >= 0.6 is 0 Å². The fraction of sp³-hybridized carbons (Fsp3) is 0.667. The third-order valence-electron chi connectivity index (χ3n) is 2.52. The molecule has 0 saturated heterocycles. The molecule has 1 atom stereocenters. The number of methoxy groups -OCH3 is 1. The number of hydrogen-bond donors (Lipinski definition) is 1. The molecule has 1 unspecified atom stereocenters. The number of rotatable bonds is 6. The zero-order valence-corrected chi connectivity index (χ0v) is 10.9. The van der Waals surface area contributed by atoms with Gasteiger partial charge in [-0.1, -0.05) is 20.8 Å². The van der Waals surface area contributed by atoms with Crippen LogP contribution in [0.2, 0.25) is 0 Å². The molecule has 17 heavy (non-hydrogen) atoms. The van der Waals surface area contributed by atoms with Crippen LogP contribution in [0.3, 0.4) is 0 Å². The monoisotopic (exact) mass is 239 g/mol. The van der Waals surface area contributed by atoms with Gasteiger partial charge in [0.05, 0.1) is 7.11 Å². The Labute approximate surface area is 102 Å². The van der Waals surface area contributed by atoms with E-state index in [9.17, 15) is 4.79 Å². The molecule has 0 aliphatic carbocycles. The van der Waals surface area contributed by atoms with Gasteiger partial charge in [-0.25, -0.2) is 4.98 Å². The summed E-state index contributed by atoms with van der Waals surface area (Å²) in [5.74, 6) is 0.735. The zero-order chi connectivity index (χ0) is 12.8. The fourth-order valence-electron chi connectivity index (χ4n) is 1.76. The minimum Gasteiger partial charge on any atom is -0.468 e. The molecule has 0 aromatic carbocycles. The van der Waals surface area contributed by atoms with E-state index in [1.54, 1.807) is 6.20 Å². The summed E-state index contributed by atoms with van der Waals surface area (Å²) in [5.41, 5.74) is 0. The molecule has 1 N–H and O–H groups in total. The third-order valence-corrected chi connectivity index (χ3v) is 2.52. The molecule has 1 heterocycles. The van der Waals surface area contributed by atoms with Crippen molar-refractivity contribution >= 4 is 5.97 Å². The van der Waals surface area contributed by atoms with Crippen LogP contribution in [0, 0.1) is 0 Å². The van der Waals surface area contributed by atoms with Gasteiger partial charge in [0.15, 0.2) is 0 Å². The standard InChI is InChI=1S/C12H21N3O2/c1-5-11-13-6-7-15(11)8-10(12(16)17-4)14-9(2)3/h6-7,9-10,14H,5,8H2,1-4H3. The normalized spacial score (nSPS) is 12.8. The lowest BCUT2D eigenvalue weighted by Crippen LogP contribution is -2.44. The quantitative estimate of drug-likeness (QED) is 0.752. The number of imidazole rings is 1. The van der Waals surface area contributed by atoms with Crippen molar-refractivity contribution in [3.05, 3.63) is 18.2 Å². The lowest BCUT2D eigenvalue weighted by atomic mass is 10.2. The van der Waals surface area contributed by atoms with Crippen LogP contribution in [0.25, 0.3) is 0 Å². The maximum atomic E-state index is 11.7. The predicted octanol–water partition coefficient (Wildman–Crippen LogP) is 0.985. The van der Waals surface area contributed by atoms with Crippen molar-refractivity contribution in [3.8, 4) is 0 Å². The summed E-state index contributed by atoms with van der Waals surface area (Å²) in [5, 5.41) is 3.20. The van der Waals surface area contributed by atoms with Crippen molar-refractivity contribution in [1.29, 1.82) is 0 Å². The highest BCUT2D eigenvalue weighted by molar-refractivity contribution is 5.75. The summed E-state index contributed by atoms with van der Waals surface area (Å²) < 4.78 is 6.78. The molecule has 0 radical (unpaired) electrons. The smallest absolute Gasteiger partial charge is 0.324 e. The van der Waals surface area contributed by atoms with Crippen LogP contribution < -0.4 is 5.32 Å². The fourth-order valence-corrected chi connectivity index (χ4v) is 1.76. The van der Waals surface area contributed by atoms with Crippen molar-refractivity contribution in [2.45, 2.75) is 45.8 Å². The van der Waals surface area contributed by atoms with Crippen LogP contribution in [-0.4, -0.2) is 34.7 Å². The van der Waals surface area contributed by atoms with Gasteiger partial charge >= 0.3 is 5.97 Å². The van der Waals surface area contributed by atoms with E-state index in [4.69, 9.17) is 4.74 Å². The second-order valence-electron chi connectivity index (χ2n) is 4.25. The molecule has 0 saturated carbocycles. The second-order valence-corrected chi connectivity index (χ2v) is 4.25. The van der Waals surface area contributed by atoms with E-state index >= 15 is 0 Å². The summed E-state index contributed by atoms with van der Waals surface area (Å²) in [7, 11) is 1.41. The lowest BCUT2D eigenvalue weighted by Gasteiger charge is -2.20. The number of carbonyl (C=O) groups excluding carboxylic acids is 1. The van der Waals surface area contributed by atoms with Gasteiger partial charge in [-0.05, 0) is 0 Å². The van der Waals surface area contributed by atoms with Crippen molar-refractivity contribution < 1.29 is 9.53 Å². The maximum Gasteiger partial charge on any atom is 0.324 e. The average molecular weight is 239 g/mol. The molecule has 0 amide bonds. The number of nitrogens with one attached hydrogen (secondary N) is 1. The van der Waals surface area contributed by atoms with E-state index in [1.807, 2.05) is 31.5 Å². The molecule has 1 aromatic rings. The van der Waals surface area contributed by atoms with Gasteiger partial charge in [-0.15, -0.1) is 0 Å². The first-order valence-electron chi connectivity index (χ1n) is 5.92. The Morgan fingerprint density at radius 1 is 1.59 bits per heavy atom. The molecular weight excluding hydrogens is 218 g/mol. The summed E-state index contributed by atoms with van der Waals surface area (Å²) in [6.45, 7) is 6.60. The molecule has 5 nitrogen and oxygen atoms in total. The number of esters is 1. The molecular formula is C12H21N3O2. The van der Waals surface area contributed by atoms with Crippen molar-refractivity contribution in [2.24, 2.45) is 0 Å². The predicted molar refractivity (Wildman–Crippen MR) is 65.7 cm³/mol. The Morgan fingerprint density at radius 3 is 2.82 bits per heavy atom. The molecule has 1 aromatic heterocycles. The minimum absolute atomic E-state index is 0.229. The van der Waals surface area contributed by atoms with E-state index < -0.39 is 0 Å². The average Bonchev–Trinajstić information content (AvgIpc) is 2.73. The minimum atomic E-state index is -0.334. The van der Waals surface area contributed by atoms with Crippen LogP contribution in [0.1, 0.15) is 26.6 Å². The molecule has 1 rings (SSSR count). The SMILES string of the molecule is CCc1nccn1CC(NC(C)C)C(=O)OC. The van der Waals surface area contributed by atoms with E-state index in [-0.39, 0.29) is 18.1 Å². The van der Waals surface area contributed by atoms with Crippen molar-refractivity contribution in [1.82, 2.24) is 14.9 Å². The van der Waals surface area contributed by atoms with Gasteiger partial charge in [0.25, 0.3) is 0 Å². The molecule has 0 aliphatic heterocycles. The Balaban J connectivity index is 2.75. The lowest BCUT2D eigenvalue weighted by molar-refractivity contribution is -0.143. The Morgan fingerprint density at radius 2 is 2.29 bits per heavy atom. The number of hydrogen-bond acceptors (Lipinski definition) is 4. The topological polar surface area (TPSA) is 56.2 Å². The highest BCUT2D eigenvalue weighted by atomic mass is 16.5. The largest absolute Gasteiger partial charge is 0.468 e. The Hall–Kier alpha value is -1.36. The third kappa shape index (κ3) is 3.85. The van der Waals surface area contributed by atoms with Crippen LogP contribution in [0.15, 0.2) is 12.4 Å². The van der Waals surface area contributed by atoms with E-state index in [0.29, 0.717) is 6.54 Å². The molecule has 5 heteroatoms.